The normalized spacial score (nSPS) is 13.6. The number of nitrogens with zero attached hydrogens (tertiary/aromatic N) is 1. The minimum Gasteiger partial charge on any atom is -0.309 e. The maximum absolute atomic E-state index is 12.2. The van der Waals surface area contributed by atoms with Crippen molar-refractivity contribution >= 4 is 11.7 Å². The lowest BCUT2D eigenvalue weighted by molar-refractivity contribution is -0.115. The summed E-state index contributed by atoms with van der Waals surface area (Å²) >= 11 is 0. The first kappa shape index (κ1) is 16.6. The first-order chi connectivity index (χ1) is 12.7. The lowest BCUT2D eigenvalue weighted by atomic mass is 10.0. The molecule has 1 amide bonds. The smallest absolute Gasteiger partial charge is 0.229 e. The maximum Gasteiger partial charge on any atom is 0.229 e. The molecule has 1 aliphatic rings. The van der Waals surface area contributed by atoms with Gasteiger partial charge >= 0.3 is 0 Å². The van der Waals surface area contributed by atoms with E-state index in [1.165, 1.54) is 24.0 Å². The molecule has 2 N–H and O–H groups in total. The second kappa shape index (κ2) is 7.16. The molecule has 1 aromatic heterocycles. The number of aromatic nitrogens is 2. The van der Waals surface area contributed by atoms with Crippen LogP contribution >= 0.6 is 0 Å². The molecule has 4 heteroatoms. The first-order valence-corrected chi connectivity index (χ1v) is 9.24. The first-order valence-electron chi connectivity index (χ1n) is 9.24. The highest BCUT2D eigenvalue weighted by molar-refractivity contribution is 5.91. The molecule has 1 saturated carbocycles. The molecule has 1 aliphatic carbocycles. The van der Waals surface area contributed by atoms with Crippen molar-refractivity contribution in [3.8, 4) is 11.1 Å². The van der Waals surface area contributed by atoms with Crippen LogP contribution in [0.15, 0.2) is 54.6 Å². The summed E-state index contributed by atoms with van der Waals surface area (Å²) in [6, 6.07) is 18.7. The van der Waals surface area contributed by atoms with Crippen LogP contribution in [0, 0.1) is 0 Å². The highest BCUT2D eigenvalue weighted by Crippen LogP contribution is 2.39. The number of anilines is 1. The molecule has 0 radical (unpaired) electrons. The number of carbonyl (C=O) groups excluding carboxylic acids is 1. The monoisotopic (exact) mass is 345 g/mol. The molecule has 4 nitrogen and oxygen atoms in total. The fraction of sp³-hybridized carbons (Fsp3) is 0.273. The van der Waals surface area contributed by atoms with Crippen LogP contribution in [0.25, 0.3) is 11.1 Å². The van der Waals surface area contributed by atoms with Crippen molar-refractivity contribution in [3.63, 3.8) is 0 Å². The molecule has 1 heterocycles. The van der Waals surface area contributed by atoms with E-state index in [0.717, 1.165) is 23.2 Å². The van der Waals surface area contributed by atoms with Gasteiger partial charge in [0.2, 0.25) is 5.91 Å². The average Bonchev–Trinajstić information content (AvgIpc) is 3.42. The van der Waals surface area contributed by atoms with E-state index < -0.39 is 0 Å². The van der Waals surface area contributed by atoms with Crippen LogP contribution in [-0.2, 0) is 17.6 Å². The fourth-order valence-corrected chi connectivity index (χ4v) is 3.12. The van der Waals surface area contributed by atoms with E-state index in [-0.39, 0.29) is 5.91 Å². The van der Waals surface area contributed by atoms with Gasteiger partial charge in [-0.1, -0.05) is 55.5 Å². The van der Waals surface area contributed by atoms with Gasteiger partial charge in [-0.2, -0.15) is 5.10 Å². The van der Waals surface area contributed by atoms with Crippen molar-refractivity contribution in [3.05, 3.63) is 71.4 Å². The molecule has 2 aromatic carbocycles. The minimum atomic E-state index is -0.0427. The second-order valence-corrected chi connectivity index (χ2v) is 6.96. The van der Waals surface area contributed by atoms with E-state index in [1.807, 2.05) is 18.2 Å². The number of aromatic amines is 1. The van der Waals surface area contributed by atoms with Crippen molar-refractivity contribution in [1.29, 1.82) is 0 Å². The number of hydrogen-bond acceptors (Lipinski definition) is 2. The third-order valence-electron chi connectivity index (χ3n) is 4.90. The minimum absolute atomic E-state index is 0.0427. The van der Waals surface area contributed by atoms with Gasteiger partial charge in [-0.25, -0.2) is 0 Å². The van der Waals surface area contributed by atoms with Crippen molar-refractivity contribution in [2.75, 3.05) is 5.32 Å². The van der Waals surface area contributed by atoms with Gasteiger partial charge in [0.05, 0.1) is 6.42 Å². The number of amides is 1. The van der Waals surface area contributed by atoms with E-state index in [4.69, 9.17) is 0 Å². The van der Waals surface area contributed by atoms with E-state index in [9.17, 15) is 4.79 Å². The lowest BCUT2D eigenvalue weighted by Gasteiger charge is -2.06. The standard InChI is InChI=1S/C22H23N3O/c1-2-15-3-7-17(8-4-15)18-9-5-16(6-10-18)13-22(26)23-21-14-20(24-25-21)19-11-12-19/h3-10,14,19H,2,11-13H2,1H3,(H2,23,24,25,26). The average molecular weight is 345 g/mol. The van der Waals surface area contributed by atoms with Crippen LogP contribution in [0.5, 0.6) is 0 Å². The Labute approximate surface area is 153 Å². The molecular weight excluding hydrogens is 322 g/mol. The second-order valence-electron chi connectivity index (χ2n) is 6.96. The summed E-state index contributed by atoms with van der Waals surface area (Å²) in [6.45, 7) is 2.16. The number of rotatable bonds is 6. The van der Waals surface area contributed by atoms with Gasteiger partial charge < -0.3 is 5.32 Å². The number of aryl methyl sites for hydroxylation is 1. The zero-order valence-electron chi connectivity index (χ0n) is 15.0. The highest BCUT2D eigenvalue weighted by Gasteiger charge is 2.25. The Bertz CT molecular complexity index is 890. The van der Waals surface area contributed by atoms with Gasteiger partial charge in [0, 0.05) is 17.7 Å². The van der Waals surface area contributed by atoms with E-state index in [1.54, 1.807) is 0 Å². The molecule has 0 bridgehead atoms. The molecule has 0 atom stereocenters. The van der Waals surface area contributed by atoms with Crippen LogP contribution in [0.2, 0.25) is 0 Å². The van der Waals surface area contributed by atoms with Crippen LogP contribution in [-0.4, -0.2) is 16.1 Å². The van der Waals surface area contributed by atoms with Gasteiger partial charge in [0.25, 0.3) is 0 Å². The zero-order chi connectivity index (χ0) is 17.9. The molecule has 4 rings (SSSR count). The van der Waals surface area contributed by atoms with Crippen molar-refractivity contribution in [2.45, 2.75) is 38.5 Å². The summed E-state index contributed by atoms with van der Waals surface area (Å²) in [4.78, 5) is 12.2. The van der Waals surface area contributed by atoms with E-state index in [0.29, 0.717) is 18.2 Å². The third-order valence-corrected chi connectivity index (χ3v) is 4.90. The molecule has 0 spiro atoms. The molecule has 0 saturated heterocycles. The Morgan fingerprint density at radius 1 is 1.04 bits per heavy atom. The molecule has 1 fully saturated rings. The SMILES string of the molecule is CCc1ccc(-c2ccc(CC(=O)Nc3cc(C4CC4)[nH]n3)cc2)cc1. The number of hydrogen-bond donors (Lipinski definition) is 2. The van der Waals surface area contributed by atoms with Crippen LogP contribution in [0.3, 0.4) is 0 Å². The van der Waals surface area contributed by atoms with Gasteiger partial charge in [-0.05, 0) is 41.5 Å². The number of benzene rings is 2. The quantitative estimate of drug-likeness (QED) is 0.680. The van der Waals surface area contributed by atoms with Crippen LogP contribution in [0.4, 0.5) is 5.82 Å². The topological polar surface area (TPSA) is 57.8 Å². The molecule has 26 heavy (non-hydrogen) atoms. The summed E-state index contributed by atoms with van der Waals surface area (Å²) in [6.07, 6.45) is 3.82. The van der Waals surface area contributed by atoms with Crippen LogP contribution in [0.1, 0.15) is 42.5 Å². The maximum atomic E-state index is 12.2. The number of carbonyl (C=O) groups is 1. The van der Waals surface area contributed by atoms with Crippen molar-refractivity contribution in [1.82, 2.24) is 10.2 Å². The Kier molecular flexibility index (Phi) is 4.57. The molecule has 0 unspecified atom stereocenters. The van der Waals surface area contributed by atoms with Crippen molar-refractivity contribution < 1.29 is 4.79 Å². The fourth-order valence-electron chi connectivity index (χ4n) is 3.12. The molecule has 3 aromatic rings. The summed E-state index contributed by atoms with van der Waals surface area (Å²) in [5, 5.41) is 10.0. The van der Waals surface area contributed by atoms with Crippen molar-refractivity contribution in [2.24, 2.45) is 0 Å². The Morgan fingerprint density at radius 2 is 1.65 bits per heavy atom. The van der Waals surface area contributed by atoms with Crippen LogP contribution < -0.4 is 5.32 Å². The number of H-pyrrole nitrogens is 1. The molecule has 0 aliphatic heterocycles. The Balaban J connectivity index is 1.37. The van der Waals surface area contributed by atoms with E-state index >= 15 is 0 Å². The van der Waals surface area contributed by atoms with E-state index in [2.05, 4.69) is 58.8 Å². The summed E-state index contributed by atoms with van der Waals surface area (Å²) < 4.78 is 0. The van der Waals surface area contributed by atoms with Gasteiger partial charge in [-0.3, -0.25) is 9.89 Å². The highest BCUT2D eigenvalue weighted by atomic mass is 16.1. The number of nitrogens with one attached hydrogen (secondary N) is 2. The zero-order valence-corrected chi connectivity index (χ0v) is 15.0. The van der Waals surface area contributed by atoms with Gasteiger partial charge in [0.1, 0.15) is 0 Å². The predicted molar refractivity (Wildman–Crippen MR) is 104 cm³/mol. The summed E-state index contributed by atoms with van der Waals surface area (Å²) in [7, 11) is 0. The molecule has 132 valence electrons. The summed E-state index contributed by atoms with van der Waals surface area (Å²) in [5.74, 6) is 1.18. The Morgan fingerprint density at radius 3 is 2.23 bits per heavy atom. The lowest BCUT2D eigenvalue weighted by Crippen LogP contribution is -2.14. The van der Waals surface area contributed by atoms with Gasteiger partial charge in [-0.15, -0.1) is 0 Å². The molecular formula is C22H23N3O. The third kappa shape index (κ3) is 3.85. The summed E-state index contributed by atoms with van der Waals surface area (Å²) in [5.41, 5.74) is 5.82. The largest absolute Gasteiger partial charge is 0.309 e. The predicted octanol–water partition coefficient (Wildman–Crippen LogP) is 4.70. The van der Waals surface area contributed by atoms with Gasteiger partial charge in [0.15, 0.2) is 5.82 Å². The Hall–Kier alpha value is -2.88.